The van der Waals surface area contributed by atoms with Crippen LogP contribution in [-0.2, 0) is 6.42 Å². The molecule has 0 saturated carbocycles. The molecular formula is C18H21NO2. The molecule has 0 heterocycles. The molecule has 0 aromatic heterocycles. The predicted molar refractivity (Wildman–Crippen MR) is 84.0 cm³/mol. The van der Waals surface area contributed by atoms with Crippen molar-refractivity contribution in [1.29, 1.82) is 0 Å². The fourth-order valence-electron chi connectivity index (χ4n) is 2.98. The molecule has 1 aliphatic carbocycles. The Labute approximate surface area is 125 Å². The average molecular weight is 283 g/mol. The highest BCUT2D eigenvalue weighted by atomic mass is 16.5. The summed E-state index contributed by atoms with van der Waals surface area (Å²) in [6.45, 7) is 2.17. The number of hydrogen-bond acceptors (Lipinski definition) is 3. The second kappa shape index (κ2) is 5.78. The summed E-state index contributed by atoms with van der Waals surface area (Å²) in [5.41, 5.74) is 4.02. The van der Waals surface area contributed by atoms with Crippen LogP contribution in [0.3, 0.4) is 0 Å². The second-order valence-electron chi connectivity index (χ2n) is 5.45. The summed E-state index contributed by atoms with van der Waals surface area (Å²) in [6, 6.07) is 15.2. The van der Waals surface area contributed by atoms with Gasteiger partial charge in [-0.25, -0.2) is 0 Å². The molecule has 3 nitrogen and oxygen atoms in total. The number of fused-ring (bicyclic) bond motifs is 1. The smallest absolute Gasteiger partial charge is 0.127 e. The van der Waals surface area contributed by atoms with Crippen LogP contribution in [-0.4, -0.2) is 14.2 Å². The SMILES string of the molecule is COc1ccc(C(C)NC2Cc3ccccc32)c(OC)c1. The molecule has 3 rings (SSSR count). The Morgan fingerprint density at radius 3 is 2.62 bits per heavy atom. The van der Waals surface area contributed by atoms with Crippen LogP contribution in [0.5, 0.6) is 11.5 Å². The van der Waals surface area contributed by atoms with E-state index in [1.54, 1.807) is 14.2 Å². The summed E-state index contributed by atoms with van der Waals surface area (Å²) in [5.74, 6) is 1.68. The van der Waals surface area contributed by atoms with E-state index in [9.17, 15) is 0 Å². The van der Waals surface area contributed by atoms with E-state index in [1.807, 2.05) is 12.1 Å². The lowest BCUT2D eigenvalue weighted by molar-refractivity contribution is 0.376. The van der Waals surface area contributed by atoms with E-state index in [-0.39, 0.29) is 6.04 Å². The minimum atomic E-state index is 0.226. The lowest BCUT2D eigenvalue weighted by Crippen LogP contribution is -2.33. The Morgan fingerprint density at radius 2 is 1.90 bits per heavy atom. The van der Waals surface area contributed by atoms with Crippen LogP contribution in [0.1, 0.15) is 35.7 Å². The lowest BCUT2D eigenvalue weighted by atomic mass is 9.83. The summed E-state index contributed by atoms with van der Waals surface area (Å²) >= 11 is 0. The molecule has 3 heteroatoms. The first-order chi connectivity index (χ1) is 10.2. The van der Waals surface area contributed by atoms with Crippen LogP contribution < -0.4 is 14.8 Å². The highest BCUT2D eigenvalue weighted by Gasteiger charge is 2.27. The van der Waals surface area contributed by atoms with Gasteiger partial charge >= 0.3 is 0 Å². The third kappa shape index (κ3) is 2.61. The number of hydrogen-bond donors (Lipinski definition) is 1. The summed E-state index contributed by atoms with van der Waals surface area (Å²) in [5, 5.41) is 3.68. The van der Waals surface area contributed by atoms with Gasteiger partial charge in [-0.2, -0.15) is 0 Å². The van der Waals surface area contributed by atoms with Gasteiger partial charge in [-0.3, -0.25) is 0 Å². The van der Waals surface area contributed by atoms with Crippen molar-refractivity contribution >= 4 is 0 Å². The molecule has 2 aromatic carbocycles. The van der Waals surface area contributed by atoms with Crippen molar-refractivity contribution in [1.82, 2.24) is 5.32 Å². The zero-order valence-corrected chi connectivity index (χ0v) is 12.7. The van der Waals surface area contributed by atoms with Gasteiger partial charge in [0.2, 0.25) is 0 Å². The molecule has 1 N–H and O–H groups in total. The Morgan fingerprint density at radius 1 is 1.10 bits per heavy atom. The van der Waals surface area contributed by atoms with E-state index >= 15 is 0 Å². The maximum absolute atomic E-state index is 5.49. The first-order valence-electron chi connectivity index (χ1n) is 7.28. The van der Waals surface area contributed by atoms with Crippen molar-refractivity contribution < 1.29 is 9.47 Å². The highest BCUT2D eigenvalue weighted by molar-refractivity contribution is 5.43. The fraction of sp³-hybridized carbons (Fsp3) is 0.333. The second-order valence-corrected chi connectivity index (χ2v) is 5.45. The van der Waals surface area contributed by atoms with E-state index in [0.717, 1.165) is 23.5 Å². The van der Waals surface area contributed by atoms with Crippen molar-refractivity contribution in [2.24, 2.45) is 0 Å². The van der Waals surface area contributed by atoms with E-state index in [0.29, 0.717) is 6.04 Å². The normalized spacial score (nSPS) is 17.6. The molecule has 0 aliphatic heterocycles. The molecular weight excluding hydrogens is 262 g/mol. The lowest BCUT2D eigenvalue weighted by Gasteiger charge is -2.33. The Hall–Kier alpha value is -2.00. The molecule has 1 aliphatic rings. The van der Waals surface area contributed by atoms with Crippen LogP contribution in [0.2, 0.25) is 0 Å². The van der Waals surface area contributed by atoms with Gasteiger partial charge in [0.1, 0.15) is 11.5 Å². The van der Waals surface area contributed by atoms with Crippen molar-refractivity contribution in [3.05, 3.63) is 59.2 Å². The molecule has 110 valence electrons. The van der Waals surface area contributed by atoms with Gasteiger partial charge in [0.05, 0.1) is 14.2 Å². The molecule has 0 fully saturated rings. The summed E-state index contributed by atoms with van der Waals surface area (Å²) in [6.07, 6.45) is 1.10. The van der Waals surface area contributed by atoms with Crippen molar-refractivity contribution in [3.8, 4) is 11.5 Å². The van der Waals surface area contributed by atoms with E-state index in [1.165, 1.54) is 11.1 Å². The van der Waals surface area contributed by atoms with E-state index in [2.05, 4.69) is 42.6 Å². The first-order valence-corrected chi connectivity index (χ1v) is 7.28. The highest BCUT2D eigenvalue weighted by Crippen LogP contribution is 2.36. The van der Waals surface area contributed by atoms with Gasteiger partial charge in [0.15, 0.2) is 0 Å². The average Bonchev–Trinajstić information content (AvgIpc) is 2.51. The number of rotatable bonds is 5. The van der Waals surface area contributed by atoms with Crippen LogP contribution >= 0.6 is 0 Å². The third-order valence-electron chi connectivity index (χ3n) is 4.21. The zero-order chi connectivity index (χ0) is 14.8. The van der Waals surface area contributed by atoms with Crippen LogP contribution in [0.15, 0.2) is 42.5 Å². The van der Waals surface area contributed by atoms with E-state index < -0.39 is 0 Å². The van der Waals surface area contributed by atoms with Gasteiger partial charge in [0.25, 0.3) is 0 Å². The number of ether oxygens (including phenoxy) is 2. The molecule has 0 spiro atoms. The Bertz CT molecular complexity index is 639. The first kappa shape index (κ1) is 14.0. The van der Waals surface area contributed by atoms with Crippen molar-refractivity contribution in [2.45, 2.75) is 25.4 Å². The minimum absolute atomic E-state index is 0.226. The molecule has 0 saturated heterocycles. The van der Waals surface area contributed by atoms with Crippen molar-refractivity contribution in [3.63, 3.8) is 0 Å². The standard InChI is InChI=1S/C18H21NO2/c1-12(15-9-8-14(20-2)11-18(15)21-3)19-17-10-13-6-4-5-7-16(13)17/h4-9,11-12,17,19H,10H2,1-3H3. The summed E-state index contributed by atoms with van der Waals surface area (Å²) < 4.78 is 10.7. The van der Waals surface area contributed by atoms with Crippen LogP contribution in [0, 0.1) is 0 Å². The Kier molecular flexibility index (Phi) is 3.84. The largest absolute Gasteiger partial charge is 0.497 e. The quantitative estimate of drug-likeness (QED) is 0.908. The zero-order valence-electron chi connectivity index (χ0n) is 12.7. The molecule has 2 unspecified atom stereocenters. The van der Waals surface area contributed by atoms with Gasteiger partial charge in [0, 0.05) is 23.7 Å². The molecule has 0 amide bonds. The maximum Gasteiger partial charge on any atom is 0.127 e. The topological polar surface area (TPSA) is 30.5 Å². The molecule has 21 heavy (non-hydrogen) atoms. The van der Waals surface area contributed by atoms with Gasteiger partial charge in [-0.1, -0.05) is 30.3 Å². The van der Waals surface area contributed by atoms with E-state index in [4.69, 9.17) is 9.47 Å². The number of nitrogens with one attached hydrogen (secondary N) is 1. The van der Waals surface area contributed by atoms with Gasteiger partial charge in [-0.05, 0) is 30.5 Å². The van der Waals surface area contributed by atoms with Crippen LogP contribution in [0.25, 0.3) is 0 Å². The Balaban J connectivity index is 1.76. The summed E-state index contributed by atoms with van der Waals surface area (Å²) in [7, 11) is 3.37. The minimum Gasteiger partial charge on any atom is -0.497 e. The maximum atomic E-state index is 5.49. The predicted octanol–water partition coefficient (Wildman–Crippen LogP) is 3.65. The molecule has 2 aromatic rings. The summed E-state index contributed by atoms with van der Waals surface area (Å²) in [4.78, 5) is 0. The van der Waals surface area contributed by atoms with Crippen LogP contribution in [0.4, 0.5) is 0 Å². The van der Waals surface area contributed by atoms with Gasteiger partial charge < -0.3 is 14.8 Å². The fourth-order valence-corrected chi connectivity index (χ4v) is 2.98. The number of benzene rings is 2. The molecule has 0 radical (unpaired) electrons. The van der Waals surface area contributed by atoms with Gasteiger partial charge in [-0.15, -0.1) is 0 Å². The molecule has 0 bridgehead atoms. The van der Waals surface area contributed by atoms with Crippen molar-refractivity contribution in [2.75, 3.05) is 14.2 Å². The monoisotopic (exact) mass is 283 g/mol. The number of methoxy groups -OCH3 is 2. The third-order valence-corrected chi connectivity index (χ3v) is 4.21. The molecule has 2 atom stereocenters.